The van der Waals surface area contributed by atoms with Crippen molar-refractivity contribution in [3.05, 3.63) is 29.8 Å². The average molecular weight is 386 g/mol. The molecule has 1 unspecified atom stereocenters. The molecule has 0 radical (unpaired) electrons. The Bertz CT molecular complexity index is 682. The van der Waals surface area contributed by atoms with Gasteiger partial charge in [0.2, 0.25) is 5.91 Å². The third kappa shape index (κ3) is 6.23. The molecule has 0 bridgehead atoms. The molecule has 5 nitrogen and oxygen atoms in total. The summed E-state index contributed by atoms with van der Waals surface area (Å²) in [7, 11) is 0. The van der Waals surface area contributed by atoms with E-state index < -0.39 is 42.7 Å². The summed E-state index contributed by atoms with van der Waals surface area (Å²) in [5.41, 5.74) is 0.584. The van der Waals surface area contributed by atoms with Gasteiger partial charge in [-0.3, -0.25) is 14.5 Å². The molecule has 1 atom stereocenters. The summed E-state index contributed by atoms with van der Waals surface area (Å²) in [4.78, 5) is 25.5. The van der Waals surface area contributed by atoms with Crippen LogP contribution in [0.3, 0.4) is 0 Å². The molecule has 1 fully saturated rings. The van der Waals surface area contributed by atoms with Crippen LogP contribution in [0.5, 0.6) is 0 Å². The number of hydrogen-bond acceptors (Lipinski definition) is 4. The largest absolute Gasteiger partial charge is 0.457 e. The Balaban J connectivity index is 2.07. The van der Waals surface area contributed by atoms with Crippen molar-refractivity contribution in [1.29, 1.82) is 0 Å². The number of rotatable bonds is 5. The molecule has 1 heterocycles. The number of amides is 1. The number of ether oxygens (including phenoxy) is 1. The Hall–Kier alpha value is -2.09. The summed E-state index contributed by atoms with van der Waals surface area (Å²) < 4.78 is 43.9. The fourth-order valence-corrected chi connectivity index (χ4v) is 3.07. The molecule has 1 saturated heterocycles. The van der Waals surface area contributed by atoms with Crippen LogP contribution in [-0.2, 0) is 14.3 Å². The van der Waals surface area contributed by atoms with E-state index in [2.05, 4.69) is 5.32 Å². The number of nitrogens with one attached hydrogen (secondary N) is 1. The lowest BCUT2D eigenvalue weighted by Crippen LogP contribution is -2.59. The van der Waals surface area contributed by atoms with E-state index in [0.717, 1.165) is 10.5 Å². The number of hydrogen-bond donors (Lipinski definition) is 1. The fourth-order valence-electron chi connectivity index (χ4n) is 3.07. The van der Waals surface area contributed by atoms with Crippen LogP contribution >= 0.6 is 0 Å². The number of anilines is 1. The van der Waals surface area contributed by atoms with E-state index in [-0.39, 0.29) is 6.54 Å². The fraction of sp³-hybridized carbons (Fsp3) is 0.579. The number of benzene rings is 1. The van der Waals surface area contributed by atoms with Crippen molar-refractivity contribution < 1.29 is 27.5 Å². The van der Waals surface area contributed by atoms with Crippen molar-refractivity contribution in [1.82, 2.24) is 4.90 Å². The standard InChI is InChI=1S/C19H25F3N2O3/c1-12(2)13-5-7-14(8-6-13)23-16(25)9-15-17(26)27-18(3,4)10-24(15)11-19(20,21)22/h5-8,12,15H,9-11H2,1-4H3,(H,23,25). The highest BCUT2D eigenvalue weighted by atomic mass is 19.4. The number of alkyl halides is 3. The van der Waals surface area contributed by atoms with Crippen LogP contribution in [0, 0.1) is 0 Å². The van der Waals surface area contributed by atoms with E-state index in [1.165, 1.54) is 0 Å². The smallest absolute Gasteiger partial charge is 0.401 e. The highest BCUT2D eigenvalue weighted by Crippen LogP contribution is 2.28. The van der Waals surface area contributed by atoms with Crippen molar-refractivity contribution in [3.63, 3.8) is 0 Å². The number of carbonyl (C=O) groups is 2. The topological polar surface area (TPSA) is 58.6 Å². The molecule has 1 aromatic carbocycles. The van der Waals surface area contributed by atoms with E-state index in [4.69, 9.17) is 4.74 Å². The summed E-state index contributed by atoms with van der Waals surface area (Å²) >= 11 is 0. The Labute approximate surface area is 156 Å². The quantitative estimate of drug-likeness (QED) is 0.784. The molecular formula is C19H25F3N2O3. The predicted molar refractivity (Wildman–Crippen MR) is 95.4 cm³/mol. The predicted octanol–water partition coefficient (Wildman–Crippen LogP) is 3.71. The third-order valence-electron chi connectivity index (χ3n) is 4.30. The molecule has 0 spiro atoms. The lowest BCUT2D eigenvalue weighted by atomic mass is 10.0. The van der Waals surface area contributed by atoms with Gasteiger partial charge in [0.15, 0.2) is 0 Å². The van der Waals surface area contributed by atoms with Crippen molar-refractivity contribution in [2.75, 3.05) is 18.4 Å². The number of esters is 1. The van der Waals surface area contributed by atoms with Crippen LogP contribution in [-0.4, -0.2) is 47.7 Å². The van der Waals surface area contributed by atoms with Crippen LogP contribution in [0.25, 0.3) is 0 Å². The average Bonchev–Trinajstić information content (AvgIpc) is 2.49. The Morgan fingerprint density at radius 3 is 2.41 bits per heavy atom. The molecule has 1 amide bonds. The van der Waals surface area contributed by atoms with Crippen molar-refractivity contribution in [3.8, 4) is 0 Å². The first-order valence-electron chi connectivity index (χ1n) is 8.80. The monoisotopic (exact) mass is 386 g/mol. The van der Waals surface area contributed by atoms with E-state index in [9.17, 15) is 22.8 Å². The summed E-state index contributed by atoms with van der Waals surface area (Å²) in [6, 6.07) is 5.92. The van der Waals surface area contributed by atoms with E-state index in [1.54, 1.807) is 26.0 Å². The lowest BCUT2D eigenvalue weighted by Gasteiger charge is -2.42. The normalized spacial score (nSPS) is 20.4. The number of nitrogens with zero attached hydrogens (tertiary/aromatic N) is 1. The van der Waals surface area contributed by atoms with Crippen molar-refractivity contribution in [2.24, 2.45) is 0 Å². The minimum Gasteiger partial charge on any atom is -0.457 e. The van der Waals surface area contributed by atoms with Gasteiger partial charge in [0.1, 0.15) is 11.6 Å². The second-order valence-electron chi connectivity index (χ2n) is 7.75. The second-order valence-corrected chi connectivity index (χ2v) is 7.75. The minimum absolute atomic E-state index is 0.0979. The maximum atomic E-state index is 12.9. The van der Waals surface area contributed by atoms with Gasteiger partial charge in [0, 0.05) is 12.2 Å². The van der Waals surface area contributed by atoms with Gasteiger partial charge in [-0.25, -0.2) is 0 Å². The van der Waals surface area contributed by atoms with E-state index in [0.29, 0.717) is 11.6 Å². The van der Waals surface area contributed by atoms with E-state index >= 15 is 0 Å². The second kappa shape index (κ2) is 7.88. The van der Waals surface area contributed by atoms with Crippen LogP contribution < -0.4 is 5.32 Å². The molecule has 1 aliphatic rings. The highest BCUT2D eigenvalue weighted by Gasteiger charge is 2.45. The zero-order valence-electron chi connectivity index (χ0n) is 15.9. The zero-order chi connectivity index (χ0) is 20.4. The summed E-state index contributed by atoms with van der Waals surface area (Å²) in [5.74, 6) is -1.02. The molecule has 0 saturated carbocycles. The van der Waals surface area contributed by atoms with Gasteiger partial charge < -0.3 is 10.1 Å². The minimum atomic E-state index is -4.48. The first-order chi connectivity index (χ1) is 12.4. The van der Waals surface area contributed by atoms with Gasteiger partial charge in [0.25, 0.3) is 0 Å². The van der Waals surface area contributed by atoms with Crippen LogP contribution in [0.4, 0.5) is 18.9 Å². The molecular weight excluding hydrogens is 361 g/mol. The summed E-state index contributed by atoms with van der Waals surface area (Å²) in [5, 5.41) is 2.63. The maximum absolute atomic E-state index is 12.9. The van der Waals surface area contributed by atoms with Gasteiger partial charge in [-0.15, -0.1) is 0 Å². The Kier molecular flexibility index (Phi) is 6.19. The molecule has 1 aliphatic heterocycles. The van der Waals surface area contributed by atoms with Gasteiger partial charge in [0.05, 0.1) is 13.0 Å². The molecule has 27 heavy (non-hydrogen) atoms. The number of morpholine rings is 1. The Morgan fingerprint density at radius 2 is 1.89 bits per heavy atom. The highest BCUT2D eigenvalue weighted by molar-refractivity contribution is 5.94. The lowest BCUT2D eigenvalue weighted by molar-refractivity contribution is -0.196. The van der Waals surface area contributed by atoms with Crippen LogP contribution in [0.15, 0.2) is 24.3 Å². The first kappa shape index (κ1) is 21.2. The van der Waals surface area contributed by atoms with Gasteiger partial charge >= 0.3 is 12.1 Å². The molecule has 2 rings (SSSR count). The zero-order valence-corrected chi connectivity index (χ0v) is 15.9. The van der Waals surface area contributed by atoms with Crippen LogP contribution in [0.2, 0.25) is 0 Å². The van der Waals surface area contributed by atoms with Gasteiger partial charge in [-0.05, 0) is 37.5 Å². The number of cyclic esters (lactones) is 1. The van der Waals surface area contributed by atoms with Gasteiger partial charge in [-0.2, -0.15) is 13.2 Å². The molecule has 150 valence electrons. The molecule has 8 heteroatoms. The molecule has 1 aromatic rings. The van der Waals surface area contributed by atoms with Crippen molar-refractivity contribution >= 4 is 17.6 Å². The molecule has 1 N–H and O–H groups in total. The molecule has 0 aromatic heterocycles. The molecule has 0 aliphatic carbocycles. The Morgan fingerprint density at radius 1 is 1.30 bits per heavy atom. The van der Waals surface area contributed by atoms with Crippen molar-refractivity contribution in [2.45, 2.75) is 57.9 Å². The SMILES string of the molecule is CC(C)c1ccc(NC(=O)CC2C(=O)OC(C)(C)CN2CC(F)(F)F)cc1. The first-order valence-corrected chi connectivity index (χ1v) is 8.80. The number of carbonyl (C=O) groups excluding carboxylic acids is 2. The summed E-state index contributed by atoms with van der Waals surface area (Å²) in [6.07, 6.45) is -4.88. The number of halogens is 3. The van der Waals surface area contributed by atoms with Crippen LogP contribution in [0.1, 0.15) is 45.6 Å². The van der Waals surface area contributed by atoms with E-state index in [1.807, 2.05) is 26.0 Å². The summed E-state index contributed by atoms with van der Waals surface area (Å²) in [6.45, 7) is 5.80. The maximum Gasteiger partial charge on any atom is 0.401 e. The third-order valence-corrected chi connectivity index (χ3v) is 4.30. The van der Waals surface area contributed by atoms with Gasteiger partial charge in [-0.1, -0.05) is 26.0 Å².